The molecule has 0 aliphatic rings. The van der Waals surface area contributed by atoms with Crippen molar-refractivity contribution in [3.8, 4) is 11.1 Å². The minimum atomic E-state index is 0.774. The van der Waals surface area contributed by atoms with Crippen LogP contribution >= 0.6 is 0 Å². The molecule has 308 valence electrons. The fourth-order valence-electron chi connectivity index (χ4n) is 7.38. The van der Waals surface area contributed by atoms with E-state index in [9.17, 15) is 0 Å². The normalized spacial score (nSPS) is 12.0. The standard InChI is InChI=1S/C58H56N4/c1-9-15-24-49(14-6)61(50(22-10-2)23-11-3)57-41-37-55(38-42-57)59(45(7)12-4)53-33-29-47(30-34-53)48-31-35-54(36-32-48)60(46(8)13-5)56-39-43-58(44-40-56)62(51-25-18-16-19-26-51)52-27-20-17-21-28-52/h9-44H,1-2,4,7H2,3,5-6,8H3/b23-11-,24-15-,46-13+,49-14+,50-22+. The summed E-state index contributed by atoms with van der Waals surface area (Å²) in [4.78, 5) is 8.89. The lowest BCUT2D eigenvalue weighted by atomic mass is 10.0. The maximum atomic E-state index is 4.36. The van der Waals surface area contributed by atoms with Crippen molar-refractivity contribution in [3.05, 3.63) is 268 Å². The fraction of sp³-hybridized carbons (Fsp3) is 0.0690. The minimum Gasteiger partial charge on any atom is -0.315 e. The van der Waals surface area contributed by atoms with Crippen molar-refractivity contribution in [3.63, 3.8) is 0 Å². The van der Waals surface area contributed by atoms with Crippen LogP contribution in [0.15, 0.2) is 268 Å². The van der Waals surface area contributed by atoms with Gasteiger partial charge >= 0.3 is 0 Å². The van der Waals surface area contributed by atoms with Crippen molar-refractivity contribution in [2.75, 3.05) is 19.6 Å². The van der Waals surface area contributed by atoms with Crippen molar-refractivity contribution >= 4 is 45.5 Å². The monoisotopic (exact) mass is 808 g/mol. The number of para-hydroxylation sites is 2. The fourth-order valence-corrected chi connectivity index (χ4v) is 7.38. The van der Waals surface area contributed by atoms with Crippen LogP contribution in [0, 0.1) is 0 Å². The third-order valence-electron chi connectivity index (χ3n) is 10.5. The second-order valence-electron chi connectivity index (χ2n) is 14.4. The van der Waals surface area contributed by atoms with Crippen LogP contribution in [-0.2, 0) is 0 Å². The number of nitrogens with zero attached hydrogens (tertiary/aromatic N) is 4. The van der Waals surface area contributed by atoms with Gasteiger partial charge in [-0.2, -0.15) is 0 Å². The van der Waals surface area contributed by atoms with Gasteiger partial charge in [-0.1, -0.05) is 123 Å². The van der Waals surface area contributed by atoms with Gasteiger partial charge in [-0.3, -0.25) is 0 Å². The van der Waals surface area contributed by atoms with Gasteiger partial charge in [-0.15, -0.1) is 0 Å². The number of benzene rings is 6. The van der Waals surface area contributed by atoms with Crippen molar-refractivity contribution in [1.82, 2.24) is 0 Å². The van der Waals surface area contributed by atoms with E-state index in [0.717, 1.165) is 79.4 Å². The van der Waals surface area contributed by atoms with Gasteiger partial charge in [0.15, 0.2) is 0 Å². The van der Waals surface area contributed by atoms with Crippen molar-refractivity contribution < 1.29 is 0 Å². The van der Waals surface area contributed by atoms with E-state index < -0.39 is 0 Å². The first-order valence-electron chi connectivity index (χ1n) is 20.9. The van der Waals surface area contributed by atoms with Crippen molar-refractivity contribution in [2.45, 2.75) is 27.7 Å². The Hall–Kier alpha value is -7.82. The third-order valence-corrected chi connectivity index (χ3v) is 10.5. The zero-order chi connectivity index (χ0) is 43.8. The molecule has 4 nitrogen and oxygen atoms in total. The third kappa shape index (κ3) is 10.1. The highest BCUT2D eigenvalue weighted by molar-refractivity contribution is 5.80. The van der Waals surface area contributed by atoms with E-state index >= 15 is 0 Å². The number of hydrogen-bond acceptors (Lipinski definition) is 4. The number of rotatable bonds is 18. The molecule has 0 amide bonds. The highest BCUT2D eigenvalue weighted by Gasteiger charge is 2.18. The second-order valence-corrected chi connectivity index (χ2v) is 14.4. The van der Waals surface area contributed by atoms with Crippen LogP contribution in [0.3, 0.4) is 0 Å². The van der Waals surface area contributed by atoms with Gasteiger partial charge in [0.05, 0.1) is 0 Å². The Bertz CT molecular complexity index is 2550. The lowest BCUT2D eigenvalue weighted by Crippen LogP contribution is -2.20. The predicted molar refractivity (Wildman–Crippen MR) is 271 cm³/mol. The largest absolute Gasteiger partial charge is 0.315 e. The number of allylic oxidation sites excluding steroid dienone is 11. The topological polar surface area (TPSA) is 13.0 Å². The summed E-state index contributed by atoms with van der Waals surface area (Å²) >= 11 is 0. The zero-order valence-electron chi connectivity index (χ0n) is 36.4. The molecular weight excluding hydrogens is 753 g/mol. The molecule has 0 saturated heterocycles. The van der Waals surface area contributed by atoms with Crippen molar-refractivity contribution in [2.24, 2.45) is 0 Å². The van der Waals surface area contributed by atoms with Crippen LogP contribution in [0.2, 0.25) is 0 Å². The first-order chi connectivity index (χ1) is 30.3. The molecule has 0 saturated carbocycles. The quantitative estimate of drug-likeness (QED) is 0.0802. The van der Waals surface area contributed by atoms with Crippen LogP contribution in [-0.4, -0.2) is 0 Å². The highest BCUT2D eigenvalue weighted by Crippen LogP contribution is 2.39. The Balaban J connectivity index is 1.26. The van der Waals surface area contributed by atoms with E-state index in [1.165, 1.54) is 0 Å². The molecule has 0 aromatic heterocycles. The summed E-state index contributed by atoms with van der Waals surface area (Å²) in [6.45, 7) is 24.5. The molecule has 0 fully saturated rings. The lowest BCUT2D eigenvalue weighted by Gasteiger charge is -2.29. The molecule has 0 bridgehead atoms. The Morgan fingerprint density at radius 1 is 0.452 bits per heavy atom. The van der Waals surface area contributed by atoms with E-state index in [1.807, 2.05) is 50.3 Å². The summed E-state index contributed by atoms with van der Waals surface area (Å²) in [5, 5.41) is 0. The number of hydrogen-bond donors (Lipinski definition) is 0. The van der Waals surface area contributed by atoms with Crippen LogP contribution in [0.1, 0.15) is 27.7 Å². The molecule has 0 heterocycles. The average Bonchev–Trinajstić information content (AvgIpc) is 3.32. The molecule has 0 unspecified atom stereocenters. The molecule has 4 heteroatoms. The summed E-state index contributed by atoms with van der Waals surface area (Å²) in [6, 6.07) is 55.6. The SMILES string of the molecule is C=C/C=C\C(=C/C)N(C(/C=C\C)=C/C=C)c1ccc(N(C(=C)C=C)c2ccc(-c3ccc(N(/C(C)=C/C)c4ccc(N(c5ccccc5)c5ccccc5)cc4)cc3)cc2)cc1. The van der Waals surface area contributed by atoms with E-state index in [1.54, 1.807) is 18.2 Å². The molecule has 62 heavy (non-hydrogen) atoms. The summed E-state index contributed by atoms with van der Waals surface area (Å²) in [7, 11) is 0. The summed E-state index contributed by atoms with van der Waals surface area (Å²) in [6.07, 6.45) is 19.7. The molecule has 6 aromatic carbocycles. The van der Waals surface area contributed by atoms with Crippen LogP contribution in [0.25, 0.3) is 11.1 Å². The highest BCUT2D eigenvalue weighted by atomic mass is 15.2. The Morgan fingerprint density at radius 3 is 1.31 bits per heavy atom. The molecule has 6 rings (SSSR count). The van der Waals surface area contributed by atoms with E-state index in [-0.39, 0.29) is 0 Å². The summed E-state index contributed by atoms with van der Waals surface area (Å²) in [5.74, 6) is 0. The molecule has 6 aromatic rings. The van der Waals surface area contributed by atoms with Crippen LogP contribution in [0.5, 0.6) is 0 Å². The Kier molecular flexibility index (Phi) is 15.1. The molecule has 0 N–H and O–H groups in total. The van der Waals surface area contributed by atoms with E-state index in [0.29, 0.717) is 0 Å². The smallest absolute Gasteiger partial charge is 0.0463 e. The maximum absolute atomic E-state index is 4.36. The lowest BCUT2D eigenvalue weighted by molar-refractivity contribution is 1.13. The van der Waals surface area contributed by atoms with Gasteiger partial charge in [-0.05, 0) is 160 Å². The van der Waals surface area contributed by atoms with E-state index in [4.69, 9.17) is 0 Å². The van der Waals surface area contributed by atoms with Gasteiger partial charge in [-0.25, -0.2) is 0 Å². The Morgan fingerprint density at radius 2 is 0.887 bits per heavy atom. The maximum Gasteiger partial charge on any atom is 0.0463 e. The first kappa shape index (κ1) is 43.8. The first-order valence-corrected chi connectivity index (χ1v) is 20.9. The number of anilines is 8. The Labute approximate surface area is 370 Å². The molecule has 0 radical (unpaired) electrons. The second kappa shape index (κ2) is 21.4. The molecule has 0 atom stereocenters. The van der Waals surface area contributed by atoms with Crippen molar-refractivity contribution in [1.29, 1.82) is 0 Å². The van der Waals surface area contributed by atoms with Gasteiger partial charge in [0.25, 0.3) is 0 Å². The molecule has 0 aliphatic carbocycles. The predicted octanol–water partition coefficient (Wildman–Crippen LogP) is 16.8. The van der Waals surface area contributed by atoms with E-state index in [2.05, 4.69) is 224 Å². The van der Waals surface area contributed by atoms with Gasteiger partial charge in [0.1, 0.15) is 0 Å². The van der Waals surface area contributed by atoms with Gasteiger partial charge < -0.3 is 19.6 Å². The van der Waals surface area contributed by atoms with Gasteiger partial charge in [0, 0.05) is 68.3 Å². The minimum absolute atomic E-state index is 0.774. The molecule has 0 aliphatic heterocycles. The average molecular weight is 809 g/mol. The molecular formula is C58H56N4. The summed E-state index contributed by atoms with van der Waals surface area (Å²) < 4.78 is 0. The zero-order valence-corrected chi connectivity index (χ0v) is 36.4. The van der Waals surface area contributed by atoms with Crippen LogP contribution in [0.4, 0.5) is 45.5 Å². The van der Waals surface area contributed by atoms with Gasteiger partial charge in [0.2, 0.25) is 0 Å². The van der Waals surface area contributed by atoms with Crippen LogP contribution < -0.4 is 19.6 Å². The molecule has 0 spiro atoms. The summed E-state index contributed by atoms with van der Waals surface area (Å²) in [5.41, 5.74) is 14.6.